The van der Waals surface area contributed by atoms with Crippen molar-refractivity contribution in [2.45, 2.75) is 19.9 Å². The maximum atomic E-state index is 11.7. The Bertz CT molecular complexity index is 445. The van der Waals surface area contributed by atoms with Crippen LogP contribution in [0.1, 0.15) is 18.9 Å². The van der Waals surface area contributed by atoms with Gasteiger partial charge in [-0.25, -0.2) is 12.7 Å². The van der Waals surface area contributed by atoms with Crippen LogP contribution in [0.25, 0.3) is 0 Å². The summed E-state index contributed by atoms with van der Waals surface area (Å²) in [7, 11) is -1.54. The Labute approximate surface area is 102 Å². The van der Waals surface area contributed by atoms with Crippen LogP contribution in [0.3, 0.4) is 0 Å². The third-order valence-corrected chi connectivity index (χ3v) is 4.47. The third-order valence-electron chi connectivity index (χ3n) is 2.23. The van der Waals surface area contributed by atoms with E-state index in [4.69, 9.17) is 11.6 Å². The topological polar surface area (TPSA) is 37.4 Å². The Kier molecular flexibility index (Phi) is 4.77. The maximum Gasteiger partial charge on any atom is 0.214 e. The van der Waals surface area contributed by atoms with Gasteiger partial charge in [0, 0.05) is 18.6 Å². The molecular formula is C11H16ClNO2S. The zero-order valence-electron chi connectivity index (χ0n) is 9.48. The SMILES string of the molecule is CCCS(=O)(=O)N(C)Cc1cccc(Cl)c1. The lowest BCUT2D eigenvalue weighted by Gasteiger charge is -2.16. The molecule has 0 N–H and O–H groups in total. The molecule has 0 unspecified atom stereocenters. The van der Waals surface area contributed by atoms with Gasteiger partial charge in [-0.2, -0.15) is 0 Å². The van der Waals surface area contributed by atoms with Gasteiger partial charge in [-0.05, 0) is 24.1 Å². The quantitative estimate of drug-likeness (QED) is 0.817. The van der Waals surface area contributed by atoms with Gasteiger partial charge in [-0.3, -0.25) is 0 Å². The van der Waals surface area contributed by atoms with E-state index in [1.54, 1.807) is 19.2 Å². The number of halogens is 1. The molecule has 0 aliphatic rings. The molecule has 0 heterocycles. The molecule has 0 radical (unpaired) electrons. The van der Waals surface area contributed by atoms with Gasteiger partial charge < -0.3 is 0 Å². The van der Waals surface area contributed by atoms with Crippen molar-refractivity contribution in [2.75, 3.05) is 12.8 Å². The summed E-state index contributed by atoms with van der Waals surface area (Å²) in [4.78, 5) is 0. The van der Waals surface area contributed by atoms with E-state index in [0.29, 0.717) is 18.0 Å². The predicted molar refractivity (Wildman–Crippen MR) is 67.0 cm³/mol. The van der Waals surface area contributed by atoms with Crippen molar-refractivity contribution in [3.63, 3.8) is 0 Å². The summed E-state index contributed by atoms with van der Waals surface area (Å²) in [6.07, 6.45) is 0.627. The van der Waals surface area contributed by atoms with Crippen LogP contribution in [-0.4, -0.2) is 25.5 Å². The minimum absolute atomic E-state index is 0.185. The van der Waals surface area contributed by atoms with Gasteiger partial charge in [0.25, 0.3) is 0 Å². The average Bonchev–Trinajstić information content (AvgIpc) is 2.17. The van der Waals surface area contributed by atoms with E-state index in [-0.39, 0.29) is 5.75 Å². The van der Waals surface area contributed by atoms with Crippen LogP contribution in [-0.2, 0) is 16.6 Å². The van der Waals surface area contributed by atoms with Crippen LogP contribution in [0, 0.1) is 0 Å². The third kappa shape index (κ3) is 3.77. The first-order valence-corrected chi connectivity index (χ1v) is 7.13. The van der Waals surface area contributed by atoms with Crippen molar-refractivity contribution in [1.82, 2.24) is 4.31 Å². The van der Waals surface area contributed by atoms with Crippen molar-refractivity contribution in [1.29, 1.82) is 0 Å². The van der Waals surface area contributed by atoms with Crippen LogP contribution in [0.2, 0.25) is 5.02 Å². The molecule has 3 nitrogen and oxygen atoms in total. The molecule has 0 aliphatic carbocycles. The smallest absolute Gasteiger partial charge is 0.212 e. The van der Waals surface area contributed by atoms with Gasteiger partial charge >= 0.3 is 0 Å². The van der Waals surface area contributed by atoms with Crippen LogP contribution < -0.4 is 0 Å². The van der Waals surface area contributed by atoms with Crippen LogP contribution in [0.5, 0.6) is 0 Å². The molecule has 1 rings (SSSR count). The summed E-state index contributed by atoms with van der Waals surface area (Å²) in [5, 5.41) is 0.624. The lowest BCUT2D eigenvalue weighted by molar-refractivity contribution is 0.466. The molecule has 5 heteroatoms. The summed E-state index contributed by atoms with van der Waals surface area (Å²) in [6, 6.07) is 7.23. The highest BCUT2D eigenvalue weighted by Crippen LogP contribution is 2.13. The Morgan fingerprint density at radius 1 is 1.38 bits per heavy atom. The number of hydrogen-bond acceptors (Lipinski definition) is 2. The number of rotatable bonds is 5. The van der Waals surface area contributed by atoms with Crippen molar-refractivity contribution in [3.05, 3.63) is 34.9 Å². The van der Waals surface area contributed by atoms with E-state index in [2.05, 4.69) is 0 Å². The second kappa shape index (κ2) is 5.66. The largest absolute Gasteiger partial charge is 0.214 e. The number of benzene rings is 1. The van der Waals surface area contributed by atoms with Gasteiger partial charge in [0.15, 0.2) is 0 Å². The molecule has 0 aliphatic heterocycles. The molecule has 16 heavy (non-hydrogen) atoms. The van der Waals surface area contributed by atoms with Gasteiger partial charge in [-0.1, -0.05) is 30.7 Å². The molecule has 1 aromatic carbocycles. The summed E-state index contributed by atoms with van der Waals surface area (Å²) in [5.74, 6) is 0.185. The molecule has 0 amide bonds. The first-order chi connectivity index (χ1) is 7.45. The lowest BCUT2D eigenvalue weighted by Crippen LogP contribution is -2.28. The number of hydrogen-bond donors (Lipinski definition) is 0. The van der Waals surface area contributed by atoms with E-state index in [9.17, 15) is 8.42 Å². The van der Waals surface area contributed by atoms with Gasteiger partial charge in [0.2, 0.25) is 10.0 Å². The molecule has 0 fully saturated rings. The molecular weight excluding hydrogens is 246 g/mol. The van der Waals surface area contributed by atoms with Crippen LogP contribution >= 0.6 is 11.6 Å². The minimum Gasteiger partial charge on any atom is -0.212 e. The van der Waals surface area contributed by atoms with Crippen LogP contribution in [0.15, 0.2) is 24.3 Å². The standard InChI is InChI=1S/C11H16ClNO2S/c1-3-7-16(14,15)13(2)9-10-5-4-6-11(12)8-10/h4-6,8H,3,7,9H2,1-2H3. The van der Waals surface area contributed by atoms with E-state index in [1.807, 2.05) is 19.1 Å². The second-order valence-corrected chi connectivity index (χ2v) is 6.33. The van der Waals surface area contributed by atoms with E-state index in [1.165, 1.54) is 4.31 Å². The fraction of sp³-hybridized carbons (Fsp3) is 0.455. The fourth-order valence-corrected chi connectivity index (χ4v) is 2.79. The summed E-state index contributed by atoms with van der Waals surface area (Å²) >= 11 is 5.84. The monoisotopic (exact) mass is 261 g/mol. The highest BCUT2D eigenvalue weighted by Gasteiger charge is 2.16. The highest BCUT2D eigenvalue weighted by molar-refractivity contribution is 7.89. The molecule has 0 atom stereocenters. The zero-order chi connectivity index (χ0) is 12.2. The molecule has 90 valence electrons. The zero-order valence-corrected chi connectivity index (χ0v) is 11.1. The summed E-state index contributed by atoms with van der Waals surface area (Å²) < 4.78 is 24.8. The Hall–Kier alpha value is -0.580. The first kappa shape index (κ1) is 13.5. The highest BCUT2D eigenvalue weighted by atomic mass is 35.5. The fourth-order valence-electron chi connectivity index (χ4n) is 1.40. The Morgan fingerprint density at radius 3 is 2.62 bits per heavy atom. The predicted octanol–water partition coefficient (Wildman–Crippen LogP) is 2.51. The van der Waals surface area contributed by atoms with Gasteiger partial charge in [0.05, 0.1) is 5.75 Å². The first-order valence-electron chi connectivity index (χ1n) is 5.14. The number of nitrogens with zero attached hydrogens (tertiary/aromatic N) is 1. The molecule has 0 saturated heterocycles. The Morgan fingerprint density at radius 2 is 2.06 bits per heavy atom. The lowest BCUT2D eigenvalue weighted by atomic mass is 10.2. The normalized spacial score (nSPS) is 12.0. The number of sulfonamides is 1. The molecule has 1 aromatic rings. The maximum absolute atomic E-state index is 11.7. The van der Waals surface area contributed by atoms with Crippen molar-refractivity contribution >= 4 is 21.6 Å². The molecule has 0 aromatic heterocycles. The Balaban J connectivity index is 2.75. The summed E-state index contributed by atoms with van der Waals surface area (Å²) in [5.41, 5.74) is 0.898. The van der Waals surface area contributed by atoms with E-state index < -0.39 is 10.0 Å². The van der Waals surface area contributed by atoms with Gasteiger partial charge in [0.1, 0.15) is 0 Å². The minimum atomic E-state index is -3.13. The van der Waals surface area contributed by atoms with Crippen molar-refractivity contribution < 1.29 is 8.42 Å². The second-order valence-electron chi connectivity index (χ2n) is 3.70. The molecule has 0 bridgehead atoms. The van der Waals surface area contributed by atoms with Gasteiger partial charge in [-0.15, -0.1) is 0 Å². The van der Waals surface area contributed by atoms with Crippen molar-refractivity contribution in [3.8, 4) is 0 Å². The van der Waals surface area contributed by atoms with E-state index in [0.717, 1.165) is 5.56 Å². The molecule has 0 saturated carbocycles. The van der Waals surface area contributed by atoms with Crippen molar-refractivity contribution in [2.24, 2.45) is 0 Å². The van der Waals surface area contributed by atoms with Crippen LogP contribution in [0.4, 0.5) is 0 Å². The molecule has 0 spiro atoms. The average molecular weight is 262 g/mol. The van der Waals surface area contributed by atoms with E-state index >= 15 is 0 Å². The summed E-state index contributed by atoms with van der Waals surface area (Å²) in [6.45, 7) is 2.22.